The van der Waals surface area contributed by atoms with E-state index in [1.54, 1.807) is 12.1 Å². The lowest BCUT2D eigenvalue weighted by Gasteiger charge is -2.41. The minimum atomic E-state index is -0.973. The summed E-state index contributed by atoms with van der Waals surface area (Å²) in [7, 11) is 0. The van der Waals surface area contributed by atoms with Gasteiger partial charge < -0.3 is 19.6 Å². The van der Waals surface area contributed by atoms with Gasteiger partial charge in [-0.3, -0.25) is 39.1 Å². The number of imide groups is 2. The number of anilines is 3. The molecule has 6 aliphatic heterocycles. The van der Waals surface area contributed by atoms with Crippen LogP contribution in [0.3, 0.4) is 0 Å². The molecule has 5 fully saturated rings. The zero-order valence-corrected chi connectivity index (χ0v) is 34.0. The summed E-state index contributed by atoms with van der Waals surface area (Å²) in [4.78, 5) is 76.9. The van der Waals surface area contributed by atoms with Crippen LogP contribution >= 0.6 is 11.6 Å². The second-order valence-corrected chi connectivity index (χ2v) is 17.6. The Morgan fingerprint density at radius 3 is 2.12 bits per heavy atom. The molecule has 5 amide bonds. The molecule has 6 aliphatic rings. The highest BCUT2D eigenvalue weighted by atomic mass is 35.5. The number of nitriles is 1. The van der Waals surface area contributed by atoms with E-state index in [4.69, 9.17) is 11.6 Å². The summed E-state index contributed by atoms with van der Waals surface area (Å²) >= 11 is 6.35. The smallest absolute Gasteiger partial charge is 0.262 e. The Morgan fingerprint density at radius 1 is 0.746 bits per heavy atom. The van der Waals surface area contributed by atoms with Crippen molar-refractivity contribution < 1.29 is 24.0 Å². The third kappa shape index (κ3) is 7.64. The fraction of sp³-hybridized carbons (Fsp3) is 0.467. The van der Waals surface area contributed by atoms with Crippen molar-refractivity contribution in [2.24, 2.45) is 11.3 Å². The molecule has 13 nitrogen and oxygen atoms in total. The van der Waals surface area contributed by atoms with Crippen LogP contribution in [-0.4, -0.2) is 122 Å². The lowest BCUT2D eigenvalue weighted by Crippen LogP contribution is -2.54. The first kappa shape index (κ1) is 39.0. The summed E-state index contributed by atoms with van der Waals surface area (Å²) in [5.41, 5.74) is 5.20. The Balaban J connectivity index is 0.729. The first-order valence-electron chi connectivity index (χ1n) is 21.0. The number of benzene rings is 3. The van der Waals surface area contributed by atoms with Gasteiger partial charge in [0.15, 0.2) is 0 Å². The topological polar surface area (TPSA) is 141 Å². The number of carbonyl (C=O) groups excluding carboxylic acids is 5. The number of fused-ring (bicyclic) bond motifs is 1. The van der Waals surface area contributed by atoms with E-state index in [0.717, 1.165) is 119 Å². The van der Waals surface area contributed by atoms with Gasteiger partial charge in [0.25, 0.3) is 17.7 Å². The molecule has 306 valence electrons. The van der Waals surface area contributed by atoms with Crippen LogP contribution in [0, 0.1) is 22.7 Å². The van der Waals surface area contributed by atoms with Gasteiger partial charge in [0, 0.05) is 101 Å². The Hall–Kier alpha value is -5.45. The van der Waals surface area contributed by atoms with Crippen LogP contribution in [0.2, 0.25) is 5.02 Å². The molecule has 59 heavy (non-hydrogen) atoms. The minimum absolute atomic E-state index is 0.0920. The molecule has 0 saturated carbocycles. The van der Waals surface area contributed by atoms with Crippen LogP contribution < -0.4 is 20.0 Å². The molecule has 0 aliphatic carbocycles. The molecule has 5 saturated heterocycles. The maximum atomic E-state index is 13.8. The number of halogens is 1. The number of nitrogens with zero attached hydrogens (tertiary/aromatic N) is 7. The first-order chi connectivity index (χ1) is 28.6. The molecular formula is C45H49ClN8O5. The van der Waals surface area contributed by atoms with E-state index >= 15 is 0 Å². The van der Waals surface area contributed by atoms with Crippen LogP contribution in [0.5, 0.6) is 0 Å². The van der Waals surface area contributed by atoms with Crippen molar-refractivity contribution in [1.82, 2.24) is 20.0 Å². The Kier molecular flexibility index (Phi) is 10.6. The second kappa shape index (κ2) is 16.0. The Labute approximate surface area is 349 Å². The SMILES string of the molecule is N#Cc1ccc(N2CCC3(CCN(c4cccc(C(=O)N5CCN(CC6CCN(c7ccc8c(c7)C(=O)N(C7CCC(=O)NC7=O)C8=O)CC6)CC5)c4)CC3)C2)cc1Cl. The summed E-state index contributed by atoms with van der Waals surface area (Å²) in [6.45, 7) is 9.63. The zero-order chi connectivity index (χ0) is 40.8. The van der Waals surface area contributed by atoms with Crippen molar-refractivity contribution in [1.29, 1.82) is 5.26 Å². The zero-order valence-electron chi connectivity index (χ0n) is 33.2. The van der Waals surface area contributed by atoms with Crippen LogP contribution in [0.25, 0.3) is 0 Å². The van der Waals surface area contributed by atoms with Gasteiger partial charge in [-0.2, -0.15) is 5.26 Å². The molecule has 0 aromatic heterocycles. The maximum Gasteiger partial charge on any atom is 0.262 e. The average molecular weight is 817 g/mol. The molecule has 1 unspecified atom stereocenters. The molecule has 1 N–H and O–H groups in total. The van der Waals surface area contributed by atoms with Crippen molar-refractivity contribution in [2.75, 3.05) is 86.7 Å². The van der Waals surface area contributed by atoms with E-state index < -0.39 is 29.7 Å². The quantitative estimate of drug-likeness (QED) is 0.332. The van der Waals surface area contributed by atoms with Crippen LogP contribution in [0.4, 0.5) is 17.1 Å². The van der Waals surface area contributed by atoms with Crippen molar-refractivity contribution >= 4 is 58.2 Å². The van der Waals surface area contributed by atoms with Crippen LogP contribution in [0.1, 0.15) is 81.6 Å². The third-order valence-electron chi connectivity index (χ3n) is 13.7. The van der Waals surface area contributed by atoms with E-state index in [1.807, 2.05) is 41.3 Å². The summed E-state index contributed by atoms with van der Waals surface area (Å²) in [6, 6.07) is 20.4. The van der Waals surface area contributed by atoms with Gasteiger partial charge in [-0.1, -0.05) is 17.7 Å². The molecule has 3 aromatic carbocycles. The Morgan fingerprint density at radius 2 is 1.41 bits per heavy atom. The number of piperidine rings is 3. The summed E-state index contributed by atoms with van der Waals surface area (Å²) in [6.07, 6.45) is 5.56. The average Bonchev–Trinajstić information content (AvgIpc) is 3.78. The van der Waals surface area contributed by atoms with E-state index in [9.17, 15) is 29.2 Å². The number of nitrogens with one attached hydrogen (secondary N) is 1. The molecule has 9 rings (SSSR count). The van der Waals surface area contributed by atoms with Crippen LogP contribution in [0.15, 0.2) is 60.7 Å². The number of hydrogen-bond acceptors (Lipinski definition) is 10. The number of rotatable bonds is 7. The predicted molar refractivity (Wildman–Crippen MR) is 224 cm³/mol. The molecule has 3 aromatic rings. The van der Waals surface area contributed by atoms with Gasteiger partial charge in [-0.05, 0) is 104 Å². The highest BCUT2D eigenvalue weighted by molar-refractivity contribution is 6.32. The van der Waals surface area contributed by atoms with Crippen LogP contribution in [-0.2, 0) is 9.59 Å². The summed E-state index contributed by atoms with van der Waals surface area (Å²) < 4.78 is 0. The molecular weight excluding hydrogens is 768 g/mol. The number of hydrogen-bond donors (Lipinski definition) is 1. The first-order valence-corrected chi connectivity index (χ1v) is 21.4. The molecule has 14 heteroatoms. The minimum Gasteiger partial charge on any atom is -0.371 e. The van der Waals surface area contributed by atoms with E-state index in [1.165, 1.54) is 0 Å². The fourth-order valence-corrected chi connectivity index (χ4v) is 10.4. The number of piperazine rings is 1. The lowest BCUT2D eigenvalue weighted by molar-refractivity contribution is -0.136. The van der Waals surface area contributed by atoms with Gasteiger partial charge in [-0.25, -0.2) is 0 Å². The largest absolute Gasteiger partial charge is 0.371 e. The molecule has 0 bridgehead atoms. The van der Waals surface area contributed by atoms with E-state index in [0.29, 0.717) is 40.7 Å². The van der Waals surface area contributed by atoms with Gasteiger partial charge in [-0.15, -0.1) is 0 Å². The van der Waals surface area contributed by atoms with E-state index in [2.05, 4.69) is 43.1 Å². The highest BCUT2D eigenvalue weighted by Gasteiger charge is 2.45. The van der Waals surface area contributed by atoms with Gasteiger partial charge in [0.1, 0.15) is 12.1 Å². The summed E-state index contributed by atoms with van der Waals surface area (Å²) in [5.74, 6) is -1.35. The molecule has 6 heterocycles. The van der Waals surface area contributed by atoms with E-state index in [-0.39, 0.29) is 24.2 Å². The monoisotopic (exact) mass is 816 g/mol. The Bertz CT molecular complexity index is 2230. The molecule has 0 radical (unpaired) electrons. The van der Waals surface area contributed by atoms with Crippen molar-refractivity contribution in [2.45, 2.75) is 51.0 Å². The van der Waals surface area contributed by atoms with Gasteiger partial charge in [0.05, 0.1) is 21.7 Å². The normalized spacial score (nSPS) is 22.6. The van der Waals surface area contributed by atoms with Crippen molar-refractivity contribution in [3.05, 3.63) is 87.9 Å². The molecule has 1 spiro atoms. The lowest BCUT2D eigenvalue weighted by atomic mass is 9.77. The maximum absolute atomic E-state index is 13.8. The molecule has 1 atom stereocenters. The van der Waals surface area contributed by atoms with Gasteiger partial charge >= 0.3 is 0 Å². The summed E-state index contributed by atoms with van der Waals surface area (Å²) in [5, 5.41) is 12.0. The standard InChI is InChI=1S/C45H49ClN8O5/c46-38-26-35(5-4-32(38)27-47)53-19-14-45(29-53)12-17-51(18-13-45)33-3-1-2-31(24-33)42(57)52-22-20-49(21-23-52)28-30-10-15-50(16-11-30)34-6-7-36-37(25-34)44(59)54(43(36)58)39-8-9-40(55)48-41(39)56/h1-7,24-26,30,39H,8-23,28-29H2,(H,48,55,56). The number of carbonyl (C=O) groups is 5. The predicted octanol–water partition coefficient (Wildman–Crippen LogP) is 4.78. The second-order valence-electron chi connectivity index (χ2n) is 17.2. The van der Waals surface area contributed by atoms with Gasteiger partial charge in [0.2, 0.25) is 11.8 Å². The fourth-order valence-electron chi connectivity index (χ4n) is 10.1. The third-order valence-corrected chi connectivity index (χ3v) is 14.1. The van der Waals surface area contributed by atoms with Crippen molar-refractivity contribution in [3.63, 3.8) is 0 Å². The highest BCUT2D eigenvalue weighted by Crippen LogP contribution is 2.43. The number of amides is 5. The van der Waals surface area contributed by atoms with Crippen molar-refractivity contribution in [3.8, 4) is 6.07 Å².